The Balaban J connectivity index is 4.12. The smallest absolute Gasteiger partial charge is 0.240 e. The van der Waals surface area contributed by atoms with E-state index in [0.717, 1.165) is 6.42 Å². The van der Waals surface area contributed by atoms with Crippen LogP contribution in [0.1, 0.15) is 26.7 Å². The van der Waals surface area contributed by atoms with Gasteiger partial charge in [-0.25, -0.2) is 0 Å². The van der Waals surface area contributed by atoms with E-state index in [1.165, 1.54) is 0 Å². The summed E-state index contributed by atoms with van der Waals surface area (Å²) in [6.07, 6.45) is 1.24. The quantitative estimate of drug-likeness (QED) is 0.614. The molecule has 0 spiro atoms. The molecular formula is C8H12N2O. The number of hydrogen-bond donors (Lipinski definition) is 0. The molecule has 0 aromatic carbocycles. The summed E-state index contributed by atoms with van der Waals surface area (Å²) in [6, 6.07) is 3.73. The molecule has 0 fully saturated rings. The maximum atomic E-state index is 8.61. The lowest BCUT2D eigenvalue weighted by Gasteiger charge is -2.15. The highest BCUT2D eigenvalue weighted by molar-refractivity contribution is 5.16. The van der Waals surface area contributed by atoms with E-state index in [4.69, 9.17) is 15.3 Å². The topological polar surface area (TPSA) is 56.8 Å². The van der Waals surface area contributed by atoms with Crippen molar-refractivity contribution < 1.29 is 4.74 Å². The Hall–Kier alpha value is -1.06. The highest BCUT2D eigenvalue weighted by Gasteiger charge is 2.27. The number of ether oxygens (including phenoxy) is 1. The van der Waals surface area contributed by atoms with Gasteiger partial charge in [0.2, 0.25) is 5.60 Å². The van der Waals surface area contributed by atoms with Crippen LogP contribution in [0.3, 0.4) is 0 Å². The molecule has 0 aliphatic rings. The van der Waals surface area contributed by atoms with Gasteiger partial charge in [-0.2, -0.15) is 10.5 Å². The summed E-state index contributed by atoms with van der Waals surface area (Å²) in [5.74, 6) is 0. The maximum Gasteiger partial charge on any atom is 0.240 e. The summed E-state index contributed by atoms with van der Waals surface area (Å²) in [4.78, 5) is 0. The second kappa shape index (κ2) is 4.71. The van der Waals surface area contributed by atoms with Gasteiger partial charge >= 0.3 is 0 Å². The molecule has 0 N–H and O–H groups in total. The number of hydrogen-bond acceptors (Lipinski definition) is 3. The Morgan fingerprint density at radius 3 is 2.09 bits per heavy atom. The first-order valence-electron chi connectivity index (χ1n) is 3.71. The van der Waals surface area contributed by atoms with Crippen molar-refractivity contribution in [3.63, 3.8) is 0 Å². The predicted octanol–water partition coefficient (Wildman–Crippen LogP) is 1.61. The van der Waals surface area contributed by atoms with Crippen LogP contribution in [0.5, 0.6) is 0 Å². The fourth-order valence-corrected chi connectivity index (χ4v) is 0.626. The maximum absolute atomic E-state index is 8.61. The molecule has 0 unspecified atom stereocenters. The molecule has 0 aromatic heterocycles. The normalized spacial score (nSPS) is 10.2. The Labute approximate surface area is 67.2 Å². The summed E-state index contributed by atoms with van der Waals surface area (Å²) in [6.45, 7) is 4.17. The van der Waals surface area contributed by atoms with Crippen molar-refractivity contribution in [2.24, 2.45) is 0 Å². The first-order chi connectivity index (χ1) is 5.24. The van der Waals surface area contributed by atoms with Crippen molar-refractivity contribution in [1.29, 1.82) is 10.5 Å². The minimum Gasteiger partial charge on any atom is -0.348 e. The van der Waals surface area contributed by atoms with Crippen LogP contribution in [0.25, 0.3) is 0 Å². The average molecular weight is 152 g/mol. The third-order valence-corrected chi connectivity index (χ3v) is 1.41. The van der Waals surface area contributed by atoms with Gasteiger partial charge in [-0.3, -0.25) is 0 Å². The van der Waals surface area contributed by atoms with Crippen LogP contribution in [0, 0.1) is 22.7 Å². The lowest BCUT2D eigenvalue weighted by Crippen LogP contribution is -2.28. The van der Waals surface area contributed by atoms with Crippen molar-refractivity contribution in [2.45, 2.75) is 32.3 Å². The molecule has 0 radical (unpaired) electrons. The zero-order valence-corrected chi connectivity index (χ0v) is 6.92. The van der Waals surface area contributed by atoms with E-state index in [1.807, 2.05) is 19.1 Å². The fourth-order valence-electron chi connectivity index (χ4n) is 0.626. The summed E-state index contributed by atoms with van der Waals surface area (Å²) in [7, 11) is 0. The number of nitriles is 2. The summed E-state index contributed by atoms with van der Waals surface area (Å²) >= 11 is 0. The largest absolute Gasteiger partial charge is 0.348 e. The van der Waals surface area contributed by atoms with Crippen LogP contribution >= 0.6 is 0 Å². The monoisotopic (exact) mass is 152 g/mol. The number of nitrogens with zero attached hydrogens (tertiary/aromatic N) is 2. The average Bonchev–Trinajstić information content (AvgIpc) is 2.08. The third-order valence-electron chi connectivity index (χ3n) is 1.41. The molecule has 0 bridgehead atoms. The molecule has 11 heavy (non-hydrogen) atoms. The Kier molecular flexibility index (Phi) is 4.26. The van der Waals surface area contributed by atoms with Gasteiger partial charge < -0.3 is 4.74 Å². The zero-order valence-electron chi connectivity index (χ0n) is 6.92. The first-order valence-corrected chi connectivity index (χ1v) is 3.71. The van der Waals surface area contributed by atoms with E-state index in [2.05, 4.69) is 0 Å². The molecule has 60 valence electrons. The van der Waals surface area contributed by atoms with Crippen molar-refractivity contribution in [1.82, 2.24) is 0 Å². The van der Waals surface area contributed by atoms with Gasteiger partial charge in [-0.1, -0.05) is 13.8 Å². The van der Waals surface area contributed by atoms with E-state index in [1.54, 1.807) is 6.92 Å². The highest BCUT2D eigenvalue weighted by atomic mass is 16.5. The third kappa shape index (κ3) is 2.57. The molecule has 0 amide bonds. The van der Waals surface area contributed by atoms with Gasteiger partial charge in [0.05, 0.1) is 0 Å². The molecular weight excluding hydrogens is 140 g/mol. The Morgan fingerprint density at radius 1 is 1.27 bits per heavy atom. The SMILES string of the molecule is CCCOC(C#N)(C#N)CC. The molecule has 0 saturated heterocycles. The van der Waals surface area contributed by atoms with Crippen LogP contribution in [0.2, 0.25) is 0 Å². The summed E-state index contributed by atoms with van der Waals surface area (Å²) in [5, 5.41) is 17.2. The second-order valence-corrected chi connectivity index (χ2v) is 2.25. The summed E-state index contributed by atoms with van der Waals surface area (Å²) in [5.41, 5.74) is -1.21. The van der Waals surface area contributed by atoms with E-state index in [0.29, 0.717) is 13.0 Å². The van der Waals surface area contributed by atoms with Crippen LogP contribution in [-0.4, -0.2) is 12.2 Å². The van der Waals surface area contributed by atoms with Crippen LogP contribution in [0.15, 0.2) is 0 Å². The molecule has 0 aliphatic heterocycles. The van der Waals surface area contributed by atoms with E-state index >= 15 is 0 Å². The first kappa shape index (κ1) is 9.94. The van der Waals surface area contributed by atoms with Gasteiger partial charge in [0.25, 0.3) is 0 Å². The second-order valence-electron chi connectivity index (χ2n) is 2.25. The van der Waals surface area contributed by atoms with Crippen LogP contribution in [-0.2, 0) is 4.74 Å². The lowest BCUT2D eigenvalue weighted by molar-refractivity contribution is 0.0367. The van der Waals surface area contributed by atoms with Crippen molar-refractivity contribution in [3.8, 4) is 12.1 Å². The molecule has 3 heteroatoms. The van der Waals surface area contributed by atoms with E-state index in [-0.39, 0.29) is 0 Å². The molecule has 3 nitrogen and oxygen atoms in total. The predicted molar refractivity (Wildman–Crippen MR) is 40.5 cm³/mol. The van der Waals surface area contributed by atoms with Crippen molar-refractivity contribution in [3.05, 3.63) is 0 Å². The zero-order chi connectivity index (χ0) is 8.74. The van der Waals surface area contributed by atoms with Gasteiger partial charge in [-0.15, -0.1) is 0 Å². The molecule has 0 saturated carbocycles. The van der Waals surface area contributed by atoms with Crippen molar-refractivity contribution in [2.75, 3.05) is 6.61 Å². The molecule has 0 atom stereocenters. The molecule has 0 rings (SSSR count). The van der Waals surface area contributed by atoms with Gasteiger partial charge in [-0.05, 0) is 6.42 Å². The van der Waals surface area contributed by atoms with Crippen LogP contribution in [0.4, 0.5) is 0 Å². The summed E-state index contributed by atoms with van der Waals surface area (Å²) < 4.78 is 5.10. The van der Waals surface area contributed by atoms with E-state index < -0.39 is 5.60 Å². The molecule has 0 aromatic rings. The fraction of sp³-hybridized carbons (Fsp3) is 0.750. The molecule has 0 heterocycles. The van der Waals surface area contributed by atoms with Gasteiger partial charge in [0.15, 0.2) is 0 Å². The molecule has 0 aliphatic carbocycles. The Bertz CT molecular complexity index is 173. The van der Waals surface area contributed by atoms with Crippen molar-refractivity contribution >= 4 is 0 Å². The van der Waals surface area contributed by atoms with E-state index in [9.17, 15) is 0 Å². The van der Waals surface area contributed by atoms with Crippen LogP contribution < -0.4 is 0 Å². The minimum absolute atomic E-state index is 0.417. The van der Waals surface area contributed by atoms with Gasteiger partial charge in [0.1, 0.15) is 12.1 Å². The highest BCUT2D eigenvalue weighted by Crippen LogP contribution is 2.13. The van der Waals surface area contributed by atoms with Gasteiger partial charge in [0, 0.05) is 13.0 Å². The Morgan fingerprint density at radius 2 is 1.82 bits per heavy atom. The number of rotatable bonds is 4. The standard InChI is InChI=1S/C8H12N2O/c1-3-5-11-8(4-2,6-9)7-10/h3-5H2,1-2H3. The lowest BCUT2D eigenvalue weighted by atomic mass is 10.1. The minimum atomic E-state index is -1.21.